The number of esters is 1. The van der Waals surface area contributed by atoms with Crippen LogP contribution >= 0.6 is 0 Å². The molecule has 3 heterocycles. The minimum absolute atomic E-state index is 0.00344. The van der Waals surface area contributed by atoms with E-state index in [0.717, 1.165) is 73.3 Å². The Morgan fingerprint density at radius 1 is 1.19 bits per heavy atom. The van der Waals surface area contributed by atoms with Crippen LogP contribution in [0.15, 0.2) is 30.5 Å². The lowest BCUT2D eigenvalue weighted by Crippen LogP contribution is -2.41. The first-order valence-electron chi connectivity index (χ1n) is 15.4. The van der Waals surface area contributed by atoms with Crippen LogP contribution in [0.3, 0.4) is 0 Å². The average molecular weight is 578 g/mol. The van der Waals surface area contributed by atoms with Crippen LogP contribution in [0.4, 0.5) is 5.82 Å². The largest absolute Gasteiger partial charge is 0.461 e. The number of hydrogen-bond acceptors (Lipinski definition) is 9. The van der Waals surface area contributed by atoms with Crippen molar-refractivity contribution >= 4 is 11.8 Å². The molecule has 1 atom stereocenters. The topological polar surface area (TPSA) is 118 Å². The molecular weight excluding hydrogens is 530 g/mol. The highest BCUT2D eigenvalue weighted by Gasteiger charge is 2.32. The minimum Gasteiger partial charge on any atom is -0.461 e. The summed E-state index contributed by atoms with van der Waals surface area (Å²) in [6.07, 6.45) is 8.83. The summed E-state index contributed by atoms with van der Waals surface area (Å²) in [5, 5.41) is 16.9. The highest BCUT2D eigenvalue weighted by Crippen LogP contribution is 2.31. The Balaban J connectivity index is 1.26. The molecule has 42 heavy (non-hydrogen) atoms. The lowest BCUT2D eigenvalue weighted by atomic mass is 9.82. The fourth-order valence-corrected chi connectivity index (χ4v) is 5.88. The van der Waals surface area contributed by atoms with Crippen LogP contribution in [0.2, 0.25) is 0 Å². The monoisotopic (exact) mass is 577 g/mol. The van der Waals surface area contributed by atoms with Gasteiger partial charge in [0, 0.05) is 49.3 Å². The van der Waals surface area contributed by atoms with Gasteiger partial charge in [-0.2, -0.15) is 5.26 Å². The van der Waals surface area contributed by atoms with Crippen molar-refractivity contribution in [1.82, 2.24) is 15.3 Å². The molecular formula is C33H47N5O4. The number of hydrogen-bond donors (Lipinski definition) is 2. The molecule has 1 aliphatic carbocycles. The predicted molar refractivity (Wildman–Crippen MR) is 163 cm³/mol. The smallest absolute Gasteiger partial charge is 0.332 e. The number of nitrogens with one attached hydrogen (secondary N) is 2. The molecule has 228 valence electrons. The van der Waals surface area contributed by atoms with Gasteiger partial charge in [0.15, 0.2) is 0 Å². The van der Waals surface area contributed by atoms with Crippen molar-refractivity contribution in [2.24, 2.45) is 11.3 Å². The molecule has 4 rings (SSSR count). The molecule has 1 saturated carbocycles. The summed E-state index contributed by atoms with van der Waals surface area (Å²) in [6, 6.07) is 11.4. The minimum atomic E-state index is -0.404. The van der Waals surface area contributed by atoms with Crippen LogP contribution < -0.4 is 10.6 Å². The van der Waals surface area contributed by atoms with Gasteiger partial charge in [-0.3, -0.25) is 4.98 Å². The fraction of sp³-hybridized carbons (Fsp3) is 0.636. The zero-order chi connectivity index (χ0) is 30.0. The quantitative estimate of drug-likeness (QED) is 0.308. The molecule has 2 aromatic rings. The van der Waals surface area contributed by atoms with Crippen molar-refractivity contribution in [3.63, 3.8) is 0 Å². The van der Waals surface area contributed by atoms with Gasteiger partial charge in [-0.15, -0.1) is 0 Å². The highest BCUT2D eigenvalue weighted by molar-refractivity contribution is 5.70. The first-order valence-corrected chi connectivity index (χ1v) is 15.4. The summed E-state index contributed by atoms with van der Waals surface area (Å²) in [6.45, 7) is 10.2. The molecule has 2 fully saturated rings. The second kappa shape index (κ2) is 15.4. The number of aryl methyl sites for hydroxylation is 1. The van der Waals surface area contributed by atoms with E-state index in [1.807, 2.05) is 38.2 Å². The molecule has 0 amide bonds. The number of ether oxygens (including phenoxy) is 3. The maximum atomic E-state index is 11.7. The normalized spacial score (nSPS) is 21.0. The Kier molecular flexibility index (Phi) is 11.7. The van der Waals surface area contributed by atoms with Gasteiger partial charge < -0.3 is 24.8 Å². The maximum Gasteiger partial charge on any atom is 0.332 e. The van der Waals surface area contributed by atoms with Crippen LogP contribution in [0.1, 0.15) is 70.6 Å². The van der Waals surface area contributed by atoms with Crippen molar-refractivity contribution < 1.29 is 19.0 Å². The summed E-state index contributed by atoms with van der Waals surface area (Å²) in [4.78, 5) is 21.3. The van der Waals surface area contributed by atoms with Crippen LogP contribution in [-0.2, 0) is 25.4 Å². The molecule has 2 aromatic heterocycles. The Morgan fingerprint density at radius 2 is 1.95 bits per heavy atom. The van der Waals surface area contributed by atoms with Crippen LogP contribution in [0, 0.1) is 29.6 Å². The van der Waals surface area contributed by atoms with Crippen molar-refractivity contribution in [2.75, 3.05) is 38.3 Å². The number of anilines is 1. The Morgan fingerprint density at radius 3 is 2.67 bits per heavy atom. The van der Waals surface area contributed by atoms with E-state index in [9.17, 15) is 10.1 Å². The molecule has 1 saturated heterocycles. The number of nitriles is 1. The third-order valence-electron chi connectivity index (χ3n) is 8.30. The third kappa shape index (κ3) is 9.48. The zero-order valence-electron chi connectivity index (χ0n) is 25.7. The summed E-state index contributed by atoms with van der Waals surface area (Å²) in [5.41, 5.74) is 3.82. The van der Waals surface area contributed by atoms with Crippen molar-refractivity contribution in [1.29, 1.82) is 5.26 Å². The van der Waals surface area contributed by atoms with Crippen molar-refractivity contribution in [2.45, 2.75) is 90.8 Å². The van der Waals surface area contributed by atoms with Gasteiger partial charge in [0.25, 0.3) is 0 Å². The van der Waals surface area contributed by atoms with Gasteiger partial charge in [-0.05, 0) is 102 Å². The Hall–Kier alpha value is -3.06. The molecule has 1 aliphatic heterocycles. The molecule has 0 spiro atoms. The molecule has 2 N–H and O–H groups in total. The first kappa shape index (κ1) is 31.9. The second-order valence-electron chi connectivity index (χ2n) is 12.3. The molecule has 0 unspecified atom stereocenters. The molecule has 0 bridgehead atoms. The summed E-state index contributed by atoms with van der Waals surface area (Å²) >= 11 is 0. The van der Waals surface area contributed by atoms with Gasteiger partial charge in [-0.25, -0.2) is 9.78 Å². The molecule has 2 aliphatic rings. The van der Waals surface area contributed by atoms with E-state index in [0.29, 0.717) is 38.3 Å². The van der Waals surface area contributed by atoms with E-state index in [2.05, 4.69) is 36.6 Å². The first-order chi connectivity index (χ1) is 20.2. The van der Waals surface area contributed by atoms with Gasteiger partial charge in [-0.1, -0.05) is 6.07 Å². The van der Waals surface area contributed by atoms with Crippen LogP contribution in [0.5, 0.6) is 0 Å². The van der Waals surface area contributed by atoms with Gasteiger partial charge >= 0.3 is 5.97 Å². The summed E-state index contributed by atoms with van der Waals surface area (Å²) in [5.74, 6) is 1.07. The summed E-state index contributed by atoms with van der Waals surface area (Å²) in [7, 11) is 0. The molecule has 9 heteroatoms. The predicted octanol–water partition coefficient (Wildman–Crippen LogP) is 5.23. The van der Waals surface area contributed by atoms with E-state index in [-0.39, 0.29) is 24.7 Å². The van der Waals surface area contributed by atoms with E-state index in [4.69, 9.17) is 24.2 Å². The average Bonchev–Trinajstić information content (AvgIpc) is 2.98. The molecule has 0 radical (unpaired) electrons. The number of carbonyl (C=O) groups excluding carboxylic acids is 1. The third-order valence-corrected chi connectivity index (χ3v) is 8.30. The summed E-state index contributed by atoms with van der Waals surface area (Å²) < 4.78 is 16.1. The zero-order valence-corrected chi connectivity index (χ0v) is 25.7. The number of nitrogens with zero attached hydrogens (tertiary/aromatic N) is 3. The lowest BCUT2D eigenvalue weighted by molar-refractivity contribution is -0.152. The van der Waals surface area contributed by atoms with Crippen LogP contribution in [0.25, 0.3) is 11.3 Å². The van der Waals surface area contributed by atoms with E-state index in [1.54, 1.807) is 0 Å². The second-order valence-corrected chi connectivity index (χ2v) is 12.3. The van der Waals surface area contributed by atoms with E-state index in [1.165, 1.54) is 0 Å². The number of carbonyl (C=O) groups is 1. The van der Waals surface area contributed by atoms with E-state index >= 15 is 0 Å². The maximum absolute atomic E-state index is 11.7. The van der Waals surface area contributed by atoms with E-state index < -0.39 is 5.41 Å². The Bertz CT molecular complexity index is 1200. The van der Waals surface area contributed by atoms with Crippen molar-refractivity contribution in [3.05, 3.63) is 41.7 Å². The Labute approximate surface area is 250 Å². The SMILES string of the molecule is Cc1cnc(CC2CCC(N[C@H](C)COCC(=O)OC(C)C)CC2)cc1-c1cccc(NCC2(C#N)CCOCC2)n1. The number of aromatic nitrogens is 2. The van der Waals surface area contributed by atoms with Crippen molar-refractivity contribution in [3.8, 4) is 17.3 Å². The lowest BCUT2D eigenvalue weighted by Gasteiger charge is -2.31. The number of rotatable bonds is 13. The van der Waals surface area contributed by atoms with Gasteiger partial charge in [0.05, 0.1) is 29.9 Å². The number of pyridine rings is 2. The fourth-order valence-electron chi connectivity index (χ4n) is 5.88. The van der Waals surface area contributed by atoms with Gasteiger partial charge in [0.1, 0.15) is 12.4 Å². The molecule has 9 nitrogen and oxygen atoms in total. The van der Waals surface area contributed by atoms with Gasteiger partial charge in [0.2, 0.25) is 0 Å². The standard InChI is InChI=1S/C33H47N5O4/c1-23(2)42-32(39)20-41-19-25(4)37-27-10-8-26(9-11-27)16-28-17-29(24(3)18-35-28)30-6-5-7-31(38-30)36-22-33(21-34)12-14-40-15-13-33/h5-7,17-18,23,25-27,37H,8-16,19-20,22H2,1-4H3,(H,36,38)/t25-,26?,27?/m1/s1. The van der Waals surface area contributed by atoms with Crippen LogP contribution in [-0.4, -0.2) is 67.1 Å². The molecule has 0 aromatic carbocycles. The highest BCUT2D eigenvalue weighted by atomic mass is 16.6.